The molecule has 1 atom stereocenters. The second-order valence-corrected chi connectivity index (χ2v) is 7.34. The Hall–Kier alpha value is -1.17. The van der Waals surface area contributed by atoms with Gasteiger partial charge < -0.3 is 10.4 Å². The Morgan fingerprint density at radius 1 is 1.38 bits per heavy atom. The van der Waals surface area contributed by atoms with Crippen LogP contribution in [0.2, 0.25) is 5.02 Å². The quantitative estimate of drug-likeness (QED) is 0.826. The predicted molar refractivity (Wildman–Crippen MR) is 91.9 cm³/mol. The summed E-state index contributed by atoms with van der Waals surface area (Å²) in [5.41, 5.74) is 0.860. The average molecular weight is 355 g/mol. The van der Waals surface area contributed by atoms with Gasteiger partial charge in [-0.2, -0.15) is 0 Å². The number of aliphatic hydroxyl groups excluding tert-OH is 1. The third kappa shape index (κ3) is 4.08. The number of carbonyl (C=O) groups is 1. The number of hydrogen-bond donors (Lipinski definition) is 2. The fraction of sp³-hybridized carbons (Fsp3) is 0.611. The van der Waals surface area contributed by atoms with Gasteiger partial charge in [0.05, 0.1) is 6.10 Å². The lowest BCUT2D eigenvalue weighted by molar-refractivity contribution is -0.00620. The lowest BCUT2D eigenvalue weighted by atomic mass is 9.95. The third-order valence-electron chi connectivity index (χ3n) is 5.14. The van der Waals surface area contributed by atoms with Crippen LogP contribution in [-0.4, -0.2) is 47.7 Å². The van der Waals surface area contributed by atoms with E-state index >= 15 is 0 Å². The number of alkyl halides is 1. The van der Waals surface area contributed by atoms with Crippen LogP contribution in [0, 0.1) is 5.92 Å². The zero-order valence-electron chi connectivity index (χ0n) is 13.7. The SMILES string of the molecule is O=C(NC(CN1CC(O)C1)C1CCCC1)c1ccc(CF)c(Cl)c1. The monoisotopic (exact) mass is 354 g/mol. The lowest BCUT2D eigenvalue weighted by Crippen LogP contribution is -2.57. The molecule has 1 saturated heterocycles. The highest BCUT2D eigenvalue weighted by atomic mass is 35.5. The summed E-state index contributed by atoms with van der Waals surface area (Å²) in [7, 11) is 0. The first-order valence-corrected chi connectivity index (χ1v) is 9.00. The molecule has 6 heteroatoms. The molecule has 3 rings (SSSR count). The maximum atomic E-state index is 12.7. The van der Waals surface area contributed by atoms with Crippen molar-refractivity contribution in [1.29, 1.82) is 0 Å². The number of nitrogens with zero attached hydrogens (tertiary/aromatic N) is 1. The molecule has 24 heavy (non-hydrogen) atoms. The van der Waals surface area contributed by atoms with Crippen LogP contribution < -0.4 is 5.32 Å². The minimum Gasteiger partial charge on any atom is -0.390 e. The van der Waals surface area contributed by atoms with Crippen molar-refractivity contribution in [2.75, 3.05) is 19.6 Å². The first kappa shape index (κ1) is 17.6. The fourth-order valence-corrected chi connectivity index (χ4v) is 3.92. The van der Waals surface area contributed by atoms with Crippen LogP contribution in [-0.2, 0) is 6.67 Å². The highest BCUT2D eigenvalue weighted by molar-refractivity contribution is 6.31. The molecule has 2 N–H and O–H groups in total. The summed E-state index contributed by atoms with van der Waals surface area (Å²) >= 11 is 6.01. The number of β-amino-alcohol motifs (C(OH)–C–C–N with tert-alkyl or cyclic N) is 1. The van der Waals surface area contributed by atoms with Crippen molar-refractivity contribution in [2.45, 2.75) is 44.5 Å². The van der Waals surface area contributed by atoms with Crippen molar-refractivity contribution in [3.05, 3.63) is 34.3 Å². The molecule has 4 nitrogen and oxygen atoms in total. The number of rotatable bonds is 6. The molecule has 0 aromatic heterocycles. The molecule has 0 spiro atoms. The summed E-state index contributed by atoms with van der Waals surface area (Å²) in [4.78, 5) is 14.8. The van der Waals surface area contributed by atoms with Gasteiger partial charge in [-0.15, -0.1) is 0 Å². The van der Waals surface area contributed by atoms with Crippen molar-refractivity contribution in [2.24, 2.45) is 5.92 Å². The molecular formula is C18H24ClFN2O2. The Morgan fingerprint density at radius 2 is 2.08 bits per heavy atom. The smallest absolute Gasteiger partial charge is 0.251 e. The van der Waals surface area contributed by atoms with Gasteiger partial charge in [-0.3, -0.25) is 9.69 Å². The van der Waals surface area contributed by atoms with E-state index in [0.29, 0.717) is 30.1 Å². The van der Waals surface area contributed by atoms with Gasteiger partial charge in [-0.25, -0.2) is 4.39 Å². The van der Waals surface area contributed by atoms with E-state index in [9.17, 15) is 14.3 Å². The first-order chi connectivity index (χ1) is 11.6. The van der Waals surface area contributed by atoms with E-state index in [1.807, 2.05) is 0 Å². The average Bonchev–Trinajstić information content (AvgIpc) is 3.06. The minimum absolute atomic E-state index is 0.0760. The molecule has 1 aromatic carbocycles. The zero-order chi connectivity index (χ0) is 17.1. The predicted octanol–water partition coefficient (Wildman–Crippen LogP) is 2.77. The summed E-state index contributed by atoms with van der Waals surface area (Å²) in [5.74, 6) is 0.313. The van der Waals surface area contributed by atoms with E-state index in [4.69, 9.17) is 11.6 Å². The number of benzene rings is 1. The minimum atomic E-state index is -0.636. The summed E-state index contributed by atoms with van der Waals surface area (Å²) in [6, 6.07) is 4.79. The third-order valence-corrected chi connectivity index (χ3v) is 5.49. The van der Waals surface area contributed by atoms with Crippen LogP contribution in [0.3, 0.4) is 0 Å². The van der Waals surface area contributed by atoms with Crippen molar-refractivity contribution in [1.82, 2.24) is 10.2 Å². The Morgan fingerprint density at radius 3 is 2.67 bits per heavy atom. The maximum Gasteiger partial charge on any atom is 0.251 e. The topological polar surface area (TPSA) is 52.6 Å². The van der Waals surface area contributed by atoms with Crippen molar-refractivity contribution < 1.29 is 14.3 Å². The van der Waals surface area contributed by atoms with Gasteiger partial charge in [0, 0.05) is 41.8 Å². The van der Waals surface area contributed by atoms with Gasteiger partial charge in [-0.05, 0) is 30.9 Å². The van der Waals surface area contributed by atoms with Gasteiger partial charge in [0.25, 0.3) is 5.91 Å². The molecular weight excluding hydrogens is 331 g/mol. The molecule has 0 bridgehead atoms. The number of hydrogen-bond acceptors (Lipinski definition) is 3. The molecule has 1 heterocycles. The number of aliphatic hydroxyl groups is 1. The summed E-state index contributed by atoms with van der Waals surface area (Å²) < 4.78 is 12.7. The molecule has 1 unspecified atom stereocenters. The van der Waals surface area contributed by atoms with Gasteiger partial charge in [0.2, 0.25) is 0 Å². The van der Waals surface area contributed by atoms with Crippen LogP contribution in [0.15, 0.2) is 18.2 Å². The lowest BCUT2D eigenvalue weighted by Gasteiger charge is -2.39. The van der Waals surface area contributed by atoms with Crippen LogP contribution >= 0.6 is 11.6 Å². The van der Waals surface area contributed by atoms with E-state index in [-0.39, 0.29) is 23.1 Å². The molecule has 2 aliphatic rings. The normalized spacial score (nSPS) is 20.8. The molecule has 1 aromatic rings. The van der Waals surface area contributed by atoms with Crippen molar-refractivity contribution in [3.8, 4) is 0 Å². The van der Waals surface area contributed by atoms with Gasteiger partial charge >= 0.3 is 0 Å². The Bertz CT molecular complexity index is 586. The maximum absolute atomic E-state index is 12.7. The second kappa shape index (κ2) is 7.81. The Kier molecular flexibility index (Phi) is 5.74. The number of carbonyl (C=O) groups excluding carboxylic acids is 1. The van der Waals surface area contributed by atoms with Crippen molar-refractivity contribution in [3.63, 3.8) is 0 Å². The van der Waals surface area contributed by atoms with E-state index < -0.39 is 6.67 Å². The second-order valence-electron chi connectivity index (χ2n) is 6.94. The van der Waals surface area contributed by atoms with E-state index in [1.54, 1.807) is 12.1 Å². The van der Waals surface area contributed by atoms with Crippen LogP contribution in [0.4, 0.5) is 4.39 Å². The van der Waals surface area contributed by atoms with E-state index in [1.165, 1.54) is 18.9 Å². The number of nitrogens with one attached hydrogen (secondary N) is 1. The zero-order valence-corrected chi connectivity index (χ0v) is 14.4. The molecule has 2 fully saturated rings. The Balaban J connectivity index is 1.66. The molecule has 1 aliphatic carbocycles. The highest BCUT2D eigenvalue weighted by Gasteiger charge is 2.32. The summed E-state index contributed by atoms with van der Waals surface area (Å²) in [6.45, 7) is 1.48. The number of amides is 1. The van der Waals surface area contributed by atoms with E-state index in [0.717, 1.165) is 19.4 Å². The van der Waals surface area contributed by atoms with Gasteiger partial charge in [0.1, 0.15) is 6.67 Å². The molecule has 132 valence electrons. The van der Waals surface area contributed by atoms with Gasteiger partial charge in [-0.1, -0.05) is 30.5 Å². The van der Waals surface area contributed by atoms with Crippen LogP contribution in [0.5, 0.6) is 0 Å². The number of halogens is 2. The van der Waals surface area contributed by atoms with Crippen LogP contribution in [0.25, 0.3) is 0 Å². The standard InChI is InChI=1S/C18H24ClFN2O2/c19-16-7-13(5-6-14(16)8-20)18(24)21-17(12-3-1-2-4-12)11-22-9-15(23)10-22/h5-7,12,15,17,23H,1-4,8-11H2,(H,21,24). The Labute approximate surface area is 147 Å². The largest absolute Gasteiger partial charge is 0.390 e. The molecule has 1 saturated carbocycles. The summed E-state index contributed by atoms with van der Waals surface area (Å²) in [6.07, 6.45) is 4.43. The van der Waals surface area contributed by atoms with Crippen molar-refractivity contribution >= 4 is 17.5 Å². The molecule has 1 aliphatic heterocycles. The van der Waals surface area contributed by atoms with E-state index in [2.05, 4.69) is 10.2 Å². The summed E-state index contributed by atoms with van der Waals surface area (Å²) in [5, 5.41) is 12.9. The highest BCUT2D eigenvalue weighted by Crippen LogP contribution is 2.29. The molecule has 0 radical (unpaired) electrons. The van der Waals surface area contributed by atoms with Crippen LogP contribution in [0.1, 0.15) is 41.6 Å². The first-order valence-electron chi connectivity index (χ1n) is 8.62. The fourth-order valence-electron chi connectivity index (χ4n) is 3.69. The van der Waals surface area contributed by atoms with Gasteiger partial charge in [0.15, 0.2) is 0 Å². The number of likely N-dealkylation sites (tertiary alicyclic amines) is 1. The molecule has 1 amide bonds.